The fraction of sp³-hybridized carbons (Fsp3) is 0.400. The van der Waals surface area contributed by atoms with Crippen LogP contribution in [-0.4, -0.2) is 10.5 Å². The lowest BCUT2D eigenvalue weighted by Crippen LogP contribution is -2.37. The maximum Gasteiger partial charge on any atom is 0.270 e. The number of nitrogens with zero attached hydrogens (tertiary/aromatic N) is 1. The second-order valence-corrected chi connectivity index (χ2v) is 3.63. The van der Waals surface area contributed by atoms with Gasteiger partial charge in [0.15, 0.2) is 0 Å². The second kappa shape index (κ2) is 4.27. The van der Waals surface area contributed by atoms with Crippen LogP contribution in [0.2, 0.25) is 0 Å². The Kier molecular flexibility index (Phi) is 3.26. The Morgan fingerprint density at radius 3 is 2.53 bits per heavy atom. The Morgan fingerprint density at radius 2 is 2.07 bits per heavy atom. The van der Waals surface area contributed by atoms with Crippen LogP contribution in [0.3, 0.4) is 0 Å². The van der Waals surface area contributed by atoms with Gasteiger partial charge in [0.25, 0.3) is 11.5 Å². The van der Waals surface area contributed by atoms with Crippen molar-refractivity contribution in [2.75, 3.05) is 0 Å². The Hall–Kier alpha value is -1.62. The quantitative estimate of drug-likeness (QED) is 0.419. The minimum absolute atomic E-state index is 0.0167. The van der Waals surface area contributed by atoms with Crippen molar-refractivity contribution < 1.29 is 4.79 Å². The summed E-state index contributed by atoms with van der Waals surface area (Å²) in [5, 5.41) is 0. The molecule has 0 atom stereocenters. The normalized spacial score (nSPS) is 10.5. The van der Waals surface area contributed by atoms with E-state index in [0.717, 1.165) is 5.69 Å². The Labute approximate surface area is 87.9 Å². The highest BCUT2D eigenvalue weighted by Gasteiger charge is 2.13. The molecule has 15 heavy (non-hydrogen) atoms. The van der Waals surface area contributed by atoms with Gasteiger partial charge in [0.2, 0.25) is 0 Å². The number of amides is 1. The van der Waals surface area contributed by atoms with Crippen molar-refractivity contribution in [1.29, 1.82) is 0 Å². The summed E-state index contributed by atoms with van der Waals surface area (Å²) >= 11 is 0. The zero-order chi connectivity index (χ0) is 11.6. The summed E-state index contributed by atoms with van der Waals surface area (Å²) < 4.78 is 1.56. The fourth-order valence-corrected chi connectivity index (χ4v) is 1.54. The monoisotopic (exact) mass is 209 g/mol. The highest BCUT2D eigenvalue weighted by molar-refractivity contribution is 5.93. The molecule has 0 aliphatic carbocycles. The van der Waals surface area contributed by atoms with Gasteiger partial charge in [-0.25, -0.2) is 5.84 Å². The Balaban J connectivity index is 3.42. The number of nitrogens with two attached hydrogens (primary N) is 1. The first-order valence-electron chi connectivity index (χ1n) is 4.72. The molecule has 5 nitrogen and oxygen atoms in total. The molecule has 1 heterocycles. The molecule has 5 heteroatoms. The van der Waals surface area contributed by atoms with Crippen LogP contribution in [0.5, 0.6) is 0 Å². The van der Waals surface area contributed by atoms with Crippen molar-refractivity contribution in [3.05, 3.63) is 33.7 Å². The molecule has 0 aliphatic rings. The average Bonchev–Trinajstić information content (AvgIpc) is 2.16. The predicted octanol–water partition coefficient (Wildman–Crippen LogP) is 0.341. The maximum atomic E-state index is 11.9. The molecule has 0 aliphatic heterocycles. The number of hydrogen-bond acceptors (Lipinski definition) is 3. The van der Waals surface area contributed by atoms with Crippen molar-refractivity contribution in [2.24, 2.45) is 5.84 Å². The summed E-state index contributed by atoms with van der Waals surface area (Å²) in [6.07, 6.45) is 0. The van der Waals surface area contributed by atoms with E-state index in [2.05, 4.69) is 0 Å². The number of carbonyl (C=O) groups is 1. The van der Waals surface area contributed by atoms with Gasteiger partial charge in [-0.1, -0.05) is 0 Å². The summed E-state index contributed by atoms with van der Waals surface area (Å²) in [6.45, 7) is 5.60. The lowest BCUT2D eigenvalue weighted by molar-refractivity contribution is 0.0951. The third-order valence-electron chi connectivity index (χ3n) is 2.21. The Morgan fingerprint density at radius 1 is 1.47 bits per heavy atom. The molecule has 0 fully saturated rings. The fourth-order valence-electron chi connectivity index (χ4n) is 1.54. The van der Waals surface area contributed by atoms with Gasteiger partial charge < -0.3 is 4.57 Å². The minimum Gasteiger partial charge on any atom is -0.310 e. The summed E-state index contributed by atoms with van der Waals surface area (Å²) in [6, 6.07) is 3.23. The molecule has 0 spiro atoms. The molecule has 0 aromatic carbocycles. The van der Waals surface area contributed by atoms with Crippen LogP contribution in [0, 0.1) is 6.92 Å². The van der Waals surface area contributed by atoms with Gasteiger partial charge in [0, 0.05) is 11.7 Å². The van der Waals surface area contributed by atoms with Crippen LogP contribution in [0.25, 0.3) is 0 Å². The van der Waals surface area contributed by atoms with Crippen LogP contribution in [0.4, 0.5) is 0 Å². The third-order valence-corrected chi connectivity index (χ3v) is 2.21. The molecule has 1 aromatic heterocycles. The number of hydrogen-bond donors (Lipinski definition) is 2. The maximum absolute atomic E-state index is 11.9. The minimum atomic E-state index is -0.561. The highest BCUT2D eigenvalue weighted by atomic mass is 16.2. The molecular weight excluding hydrogens is 194 g/mol. The molecule has 1 aromatic rings. The van der Waals surface area contributed by atoms with Crippen LogP contribution >= 0.6 is 0 Å². The molecule has 3 N–H and O–H groups in total. The summed E-state index contributed by atoms with van der Waals surface area (Å²) in [5.74, 6) is 4.43. The number of aryl methyl sites for hydroxylation is 1. The van der Waals surface area contributed by atoms with Gasteiger partial charge in [0.1, 0.15) is 5.56 Å². The third kappa shape index (κ3) is 2.07. The lowest BCUT2D eigenvalue weighted by atomic mass is 10.2. The van der Waals surface area contributed by atoms with Crippen molar-refractivity contribution in [1.82, 2.24) is 9.99 Å². The second-order valence-electron chi connectivity index (χ2n) is 3.63. The van der Waals surface area contributed by atoms with E-state index in [4.69, 9.17) is 5.84 Å². The predicted molar refractivity (Wildman–Crippen MR) is 57.5 cm³/mol. The number of aromatic nitrogens is 1. The van der Waals surface area contributed by atoms with Gasteiger partial charge in [-0.05, 0) is 32.9 Å². The van der Waals surface area contributed by atoms with E-state index in [1.165, 1.54) is 6.07 Å². The molecule has 0 bridgehead atoms. The topological polar surface area (TPSA) is 77.1 Å². The largest absolute Gasteiger partial charge is 0.310 e. The highest BCUT2D eigenvalue weighted by Crippen LogP contribution is 2.06. The van der Waals surface area contributed by atoms with E-state index in [1.807, 2.05) is 26.2 Å². The number of rotatable bonds is 2. The molecule has 0 saturated carbocycles. The first-order chi connectivity index (χ1) is 6.99. The lowest BCUT2D eigenvalue weighted by Gasteiger charge is -2.14. The zero-order valence-electron chi connectivity index (χ0n) is 9.07. The van der Waals surface area contributed by atoms with Crippen LogP contribution in [0.15, 0.2) is 16.9 Å². The number of nitrogens with one attached hydrogen (secondary N) is 1. The van der Waals surface area contributed by atoms with Crippen molar-refractivity contribution in [3.8, 4) is 0 Å². The van der Waals surface area contributed by atoms with E-state index < -0.39 is 5.91 Å². The number of hydrazine groups is 1. The standard InChI is InChI=1S/C10H15N3O2/c1-6(2)13-7(3)4-5-8(10(13)15)9(14)12-11/h4-6H,11H2,1-3H3,(H,12,14). The SMILES string of the molecule is Cc1ccc(C(=O)NN)c(=O)n1C(C)C. The van der Waals surface area contributed by atoms with Crippen molar-refractivity contribution >= 4 is 5.91 Å². The van der Waals surface area contributed by atoms with Gasteiger partial charge in [0.05, 0.1) is 0 Å². The van der Waals surface area contributed by atoms with Crippen LogP contribution in [-0.2, 0) is 0 Å². The average molecular weight is 209 g/mol. The van der Waals surface area contributed by atoms with Gasteiger partial charge in [-0.15, -0.1) is 0 Å². The zero-order valence-corrected chi connectivity index (χ0v) is 9.07. The summed E-state index contributed by atoms with van der Waals surface area (Å²) in [5.41, 5.74) is 2.53. The first-order valence-corrected chi connectivity index (χ1v) is 4.72. The number of pyridine rings is 1. The van der Waals surface area contributed by atoms with E-state index in [0.29, 0.717) is 0 Å². The van der Waals surface area contributed by atoms with Crippen LogP contribution in [0.1, 0.15) is 35.9 Å². The van der Waals surface area contributed by atoms with Gasteiger partial charge >= 0.3 is 0 Å². The smallest absolute Gasteiger partial charge is 0.270 e. The first kappa shape index (κ1) is 11.5. The molecule has 0 saturated heterocycles. The van der Waals surface area contributed by atoms with Crippen LogP contribution < -0.4 is 16.8 Å². The molecule has 1 amide bonds. The van der Waals surface area contributed by atoms with Crippen molar-refractivity contribution in [3.63, 3.8) is 0 Å². The molecule has 1 rings (SSSR count). The molecule has 0 unspecified atom stereocenters. The summed E-state index contributed by atoms with van der Waals surface area (Å²) in [4.78, 5) is 23.1. The summed E-state index contributed by atoms with van der Waals surface area (Å²) in [7, 11) is 0. The molecular formula is C10H15N3O2. The van der Waals surface area contributed by atoms with Gasteiger partial charge in [-0.2, -0.15) is 0 Å². The number of nitrogen functional groups attached to an aromatic ring is 1. The van der Waals surface area contributed by atoms with E-state index >= 15 is 0 Å². The van der Waals surface area contributed by atoms with E-state index in [9.17, 15) is 9.59 Å². The molecule has 0 radical (unpaired) electrons. The van der Waals surface area contributed by atoms with E-state index in [-0.39, 0.29) is 17.2 Å². The number of carbonyl (C=O) groups excluding carboxylic acids is 1. The van der Waals surface area contributed by atoms with Gasteiger partial charge in [-0.3, -0.25) is 15.0 Å². The van der Waals surface area contributed by atoms with Crippen molar-refractivity contribution in [2.45, 2.75) is 26.8 Å². The Bertz CT molecular complexity index is 435. The van der Waals surface area contributed by atoms with E-state index in [1.54, 1.807) is 10.6 Å². The molecule has 82 valence electrons.